The van der Waals surface area contributed by atoms with Gasteiger partial charge >= 0.3 is 0 Å². The van der Waals surface area contributed by atoms with Gasteiger partial charge in [-0.1, -0.05) is 48.0 Å². The van der Waals surface area contributed by atoms with Gasteiger partial charge in [0.05, 0.1) is 13.6 Å². The number of aryl methyl sites for hydroxylation is 3. The molecule has 1 amide bonds. The summed E-state index contributed by atoms with van der Waals surface area (Å²) in [6.07, 6.45) is 0.989. The van der Waals surface area contributed by atoms with Crippen molar-refractivity contribution in [2.24, 2.45) is 0 Å². The van der Waals surface area contributed by atoms with Crippen LogP contribution in [-0.2, 0) is 11.2 Å². The van der Waals surface area contributed by atoms with E-state index in [2.05, 4.69) is 55.7 Å². The number of anilines is 1. The SMILES string of the molecule is Cc1cc(C)c(NC(=O)C[NH+](C)CCc2ccccc2)c(C)c1. The highest BCUT2D eigenvalue weighted by molar-refractivity contribution is 5.93. The molecule has 2 N–H and O–H groups in total. The van der Waals surface area contributed by atoms with Crippen LogP contribution in [-0.4, -0.2) is 26.0 Å². The molecular weight excluding hydrogens is 284 g/mol. The Morgan fingerprint density at radius 2 is 1.65 bits per heavy atom. The molecule has 2 aromatic carbocycles. The van der Waals surface area contributed by atoms with E-state index < -0.39 is 0 Å². The molecule has 2 aromatic rings. The van der Waals surface area contributed by atoms with Crippen molar-refractivity contribution in [1.29, 1.82) is 0 Å². The Hall–Kier alpha value is -2.13. The van der Waals surface area contributed by atoms with Crippen molar-refractivity contribution in [2.45, 2.75) is 27.2 Å². The highest BCUT2D eigenvalue weighted by Crippen LogP contribution is 2.21. The van der Waals surface area contributed by atoms with Gasteiger partial charge in [0.2, 0.25) is 0 Å². The Bertz CT molecular complexity index is 642. The van der Waals surface area contributed by atoms with E-state index in [1.807, 2.05) is 19.9 Å². The van der Waals surface area contributed by atoms with Gasteiger partial charge in [0.25, 0.3) is 5.91 Å². The van der Waals surface area contributed by atoms with Gasteiger partial charge in [-0.25, -0.2) is 0 Å². The molecule has 3 heteroatoms. The van der Waals surface area contributed by atoms with Crippen molar-refractivity contribution in [1.82, 2.24) is 0 Å². The minimum atomic E-state index is 0.0746. The lowest BCUT2D eigenvalue weighted by Crippen LogP contribution is -3.10. The zero-order valence-electron chi connectivity index (χ0n) is 14.6. The van der Waals surface area contributed by atoms with Gasteiger partial charge in [0.1, 0.15) is 0 Å². The average Bonchev–Trinajstić information content (AvgIpc) is 2.50. The first-order valence-electron chi connectivity index (χ1n) is 8.18. The molecule has 0 fully saturated rings. The Balaban J connectivity index is 1.87. The molecule has 0 saturated heterocycles. The molecule has 0 bridgehead atoms. The van der Waals surface area contributed by atoms with E-state index in [0.717, 1.165) is 29.8 Å². The fourth-order valence-corrected chi connectivity index (χ4v) is 2.93. The topological polar surface area (TPSA) is 33.5 Å². The van der Waals surface area contributed by atoms with E-state index in [9.17, 15) is 4.79 Å². The second-order valence-corrected chi connectivity index (χ2v) is 6.44. The Kier molecular flexibility index (Phi) is 5.94. The summed E-state index contributed by atoms with van der Waals surface area (Å²) in [6, 6.07) is 14.6. The van der Waals surface area contributed by atoms with Crippen LogP contribution in [0.5, 0.6) is 0 Å². The van der Waals surface area contributed by atoms with Crippen molar-refractivity contribution < 1.29 is 9.69 Å². The normalized spacial score (nSPS) is 12.0. The number of amides is 1. The number of likely N-dealkylation sites (N-methyl/N-ethyl adjacent to an activating group) is 1. The van der Waals surface area contributed by atoms with Gasteiger partial charge in [-0.3, -0.25) is 4.79 Å². The van der Waals surface area contributed by atoms with Gasteiger partial charge in [-0.2, -0.15) is 0 Å². The molecule has 1 atom stereocenters. The second-order valence-electron chi connectivity index (χ2n) is 6.44. The fraction of sp³-hybridized carbons (Fsp3) is 0.350. The number of quaternary nitrogens is 1. The maximum absolute atomic E-state index is 12.3. The fourth-order valence-electron chi connectivity index (χ4n) is 2.93. The summed E-state index contributed by atoms with van der Waals surface area (Å²) >= 11 is 0. The predicted octanol–water partition coefficient (Wildman–Crippen LogP) is 2.31. The summed E-state index contributed by atoms with van der Waals surface area (Å²) < 4.78 is 0. The standard InChI is InChI=1S/C20H26N2O/c1-15-12-16(2)20(17(3)13-15)21-19(23)14-22(4)11-10-18-8-6-5-7-9-18/h5-9,12-13H,10-11,14H2,1-4H3,(H,21,23)/p+1. The smallest absolute Gasteiger partial charge is 0.279 e. The Morgan fingerprint density at radius 3 is 2.26 bits per heavy atom. The zero-order valence-corrected chi connectivity index (χ0v) is 14.6. The zero-order chi connectivity index (χ0) is 16.8. The first kappa shape index (κ1) is 17.2. The molecule has 3 nitrogen and oxygen atoms in total. The van der Waals surface area contributed by atoms with Gasteiger partial charge in [0.15, 0.2) is 6.54 Å². The van der Waals surface area contributed by atoms with Gasteiger partial charge < -0.3 is 10.2 Å². The van der Waals surface area contributed by atoms with Crippen LogP contribution in [0.15, 0.2) is 42.5 Å². The molecule has 0 saturated carbocycles. The van der Waals surface area contributed by atoms with Crippen LogP contribution in [0, 0.1) is 20.8 Å². The van der Waals surface area contributed by atoms with E-state index in [1.165, 1.54) is 16.0 Å². The van der Waals surface area contributed by atoms with E-state index in [0.29, 0.717) is 6.54 Å². The monoisotopic (exact) mass is 311 g/mol. The average molecular weight is 311 g/mol. The number of carbonyl (C=O) groups is 1. The Morgan fingerprint density at radius 1 is 1.04 bits per heavy atom. The summed E-state index contributed by atoms with van der Waals surface area (Å²) in [5.74, 6) is 0.0746. The van der Waals surface area contributed by atoms with E-state index in [1.54, 1.807) is 0 Å². The van der Waals surface area contributed by atoms with Crippen molar-refractivity contribution in [3.63, 3.8) is 0 Å². The molecule has 1 unspecified atom stereocenters. The maximum atomic E-state index is 12.3. The van der Waals surface area contributed by atoms with E-state index in [4.69, 9.17) is 0 Å². The molecule has 0 heterocycles. The number of hydrogen-bond donors (Lipinski definition) is 2. The van der Waals surface area contributed by atoms with E-state index >= 15 is 0 Å². The molecule has 23 heavy (non-hydrogen) atoms. The third-order valence-electron chi connectivity index (χ3n) is 4.09. The van der Waals surface area contributed by atoms with Crippen LogP contribution in [0.25, 0.3) is 0 Å². The molecule has 0 aliphatic carbocycles. The molecule has 0 spiro atoms. The van der Waals surface area contributed by atoms with Crippen LogP contribution in [0.3, 0.4) is 0 Å². The molecule has 0 aliphatic heterocycles. The van der Waals surface area contributed by atoms with Gasteiger partial charge in [-0.05, 0) is 37.5 Å². The van der Waals surface area contributed by atoms with Crippen LogP contribution in [0.1, 0.15) is 22.3 Å². The number of nitrogens with one attached hydrogen (secondary N) is 2. The molecule has 0 aliphatic rings. The van der Waals surface area contributed by atoms with Crippen molar-refractivity contribution in [2.75, 3.05) is 25.5 Å². The van der Waals surface area contributed by atoms with Crippen LogP contribution in [0.2, 0.25) is 0 Å². The van der Waals surface area contributed by atoms with Crippen molar-refractivity contribution >= 4 is 11.6 Å². The summed E-state index contributed by atoms with van der Waals surface area (Å²) in [6.45, 7) is 7.60. The maximum Gasteiger partial charge on any atom is 0.279 e. The lowest BCUT2D eigenvalue weighted by molar-refractivity contribution is -0.870. The highest BCUT2D eigenvalue weighted by atomic mass is 16.2. The molecular formula is C20H27N2O+. The minimum Gasteiger partial charge on any atom is -0.329 e. The first-order valence-corrected chi connectivity index (χ1v) is 8.18. The number of rotatable bonds is 6. The number of benzene rings is 2. The lowest BCUT2D eigenvalue weighted by Gasteiger charge is -2.16. The van der Waals surface area contributed by atoms with E-state index in [-0.39, 0.29) is 5.91 Å². The quantitative estimate of drug-likeness (QED) is 0.843. The summed E-state index contributed by atoms with van der Waals surface area (Å²) in [7, 11) is 2.07. The van der Waals surface area contributed by atoms with Crippen molar-refractivity contribution in [3.8, 4) is 0 Å². The minimum absolute atomic E-state index is 0.0746. The summed E-state index contributed by atoms with van der Waals surface area (Å²) in [5.41, 5.74) is 5.74. The van der Waals surface area contributed by atoms with Crippen LogP contribution >= 0.6 is 0 Å². The van der Waals surface area contributed by atoms with Crippen LogP contribution < -0.4 is 10.2 Å². The van der Waals surface area contributed by atoms with Crippen molar-refractivity contribution in [3.05, 3.63) is 64.7 Å². The second kappa shape index (κ2) is 7.93. The van der Waals surface area contributed by atoms with Gasteiger partial charge in [-0.15, -0.1) is 0 Å². The highest BCUT2D eigenvalue weighted by Gasteiger charge is 2.13. The third kappa shape index (κ3) is 5.22. The summed E-state index contributed by atoms with van der Waals surface area (Å²) in [5, 5.41) is 3.08. The first-order chi connectivity index (χ1) is 11.0. The third-order valence-corrected chi connectivity index (χ3v) is 4.09. The van der Waals surface area contributed by atoms with Crippen LogP contribution in [0.4, 0.5) is 5.69 Å². The number of carbonyl (C=O) groups excluding carboxylic acids is 1. The molecule has 2 rings (SSSR count). The molecule has 122 valence electrons. The number of hydrogen-bond acceptors (Lipinski definition) is 1. The molecule has 0 radical (unpaired) electrons. The predicted molar refractivity (Wildman–Crippen MR) is 96.0 cm³/mol. The summed E-state index contributed by atoms with van der Waals surface area (Å²) in [4.78, 5) is 13.5. The molecule has 0 aromatic heterocycles. The lowest BCUT2D eigenvalue weighted by atomic mass is 10.1. The Labute approximate surface area is 139 Å². The van der Waals surface area contributed by atoms with Gasteiger partial charge in [0, 0.05) is 12.1 Å². The largest absolute Gasteiger partial charge is 0.329 e.